The van der Waals surface area contributed by atoms with Gasteiger partial charge in [0.1, 0.15) is 11.3 Å². The maximum atomic E-state index is 13.9. The molecule has 220 valence electrons. The van der Waals surface area contributed by atoms with Gasteiger partial charge in [-0.05, 0) is 36.6 Å². The Morgan fingerprint density at radius 3 is 2.57 bits per heavy atom. The van der Waals surface area contributed by atoms with Gasteiger partial charge in [-0.1, -0.05) is 19.9 Å². The summed E-state index contributed by atoms with van der Waals surface area (Å²) >= 11 is 0. The molecule has 1 atom stereocenters. The topological polar surface area (TPSA) is 176 Å². The van der Waals surface area contributed by atoms with Crippen molar-refractivity contribution in [2.24, 2.45) is 0 Å². The van der Waals surface area contributed by atoms with Crippen LogP contribution in [0, 0.1) is 0 Å². The highest BCUT2D eigenvalue weighted by atomic mass is 32.3. The lowest BCUT2D eigenvalue weighted by Gasteiger charge is -2.44. The average molecular weight is 599 g/mol. The highest BCUT2D eigenvalue weighted by Crippen LogP contribution is 2.50. The molecule has 42 heavy (non-hydrogen) atoms. The number of ether oxygens (including phenoxy) is 2. The van der Waals surface area contributed by atoms with Crippen LogP contribution in [0.2, 0.25) is 0 Å². The maximum Gasteiger partial charge on any atom is 0.415 e. The Morgan fingerprint density at radius 2 is 1.90 bits per heavy atom. The molecule has 1 aromatic carbocycles. The summed E-state index contributed by atoms with van der Waals surface area (Å²) in [5.74, 6) is -3.52. The van der Waals surface area contributed by atoms with Crippen LogP contribution in [0.1, 0.15) is 42.5 Å². The van der Waals surface area contributed by atoms with Crippen molar-refractivity contribution in [1.82, 2.24) is 19.8 Å². The van der Waals surface area contributed by atoms with Gasteiger partial charge in [-0.15, -0.1) is 0 Å². The summed E-state index contributed by atoms with van der Waals surface area (Å²) in [6.07, 6.45) is -0.0260. The van der Waals surface area contributed by atoms with E-state index in [-0.39, 0.29) is 18.5 Å². The second-order valence-corrected chi connectivity index (χ2v) is 11.7. The van der Waals surface area contributed by atoms with Crippen molar-refractivity contribution in [2.45, 2.75) is 44.8 Å². The summed E-state index contributed by atoms with van der Waals surface area (Å²) in [7, 11) is -4.51. The van der Waals surface area contributed by atoms with Crippen LogP contribution < -0.4 is 15.6 Å². The third kappa shape index (κ3) is 3.74. The molecule has 3 aromatic rings. The third-order valence-corrected chi connectivity index (χ3v) is 9.03. The number of carbonyl (C=O) groups excluding carboxylic acids is 2. The van der Waals surface area contributed by atoms with E-state index in [9.17, 15) is 27.9 Å². The number of piperazine rings is 1. The molecule has 4 aliphatic heterocycles. The van der Waals surface area contributed by atoms with Gasteiger partial charge in [0.15, 0.2) is 5.60 Å². The van der Waals surface area contributed by atoms with Crippen molar-refractivity contribution in [3.63, 3.8) is 0 Å². The van der Waals surface area contributed by atoms with Crippen LogP contribution in [-0.4, -0.2) is 66.2 Å². The second-order valence-electron chi connectivity index (χ2n) is 10.5. The molecule has 2 aromatic heterocycles. The first-order valence-corrected chi connectivity index (χ1v) is 14.9. The number of hydrogen-bond donors (Lipinski definition) is 2. The summed E-state index contributed by atoms with van der Waals surface area (Å²) in [5.41, 5.74) is -0.878. The summed E-state index contributed by atoms with van der Waals surface area (Å²) in [6.45, 7) is 5.88. The third-order valence-electron chi connectivity index (χ3n) is 8.18. The van der Waals surface area contributed by atoms with Crippen LogP contribution in [0.4, 0.5) is 4.79 Å². The number of aliphatic hydroxyl groups is 1. The smallest absolute Gasteiger partial charge is 0.409 e. The van der Waals surface area contributed by atoms with Gasteiger partial charge >= 0.3 is 28.4 Å². The van der Waals surface area contributed by atoms with Crippen LogP contribution in [0.3, 0.4) is 0 Å². The molecule has 0 unspecified atom stereocenters. The number of nitrogens with zero attached hydrogens (tertiary/aromatic N) is 3. The molecule has 0 bridgehead atoms. The number of aromatic nitrogens is 2. The SMILES string of the molecule is CCc1ccc(OC(=O)N2CCNCC2)c2cc3c(nc12)-c1cc2c(c(=O)n1C3)C1(OC(=O)[C@]2(O)CC)OS(=O)(=O)O1. The number of carbonyl (C=O) groups is 2. The minimum absolute atomic E-state index is 0.0165. The van der Waals surface area contributed by atoms with Crippen LogP contribution >= 0.6 is 0 Å². The Hall–Kier alpha value is -3.89. The monoisotopic (exact) mass is 598 g/mol. The van der Waals surface area contributed by atoms with Gasteiger partial charge in [-0.2, -0.15) is 16.8 Å². The number of rotatable bonds is 3. The predicted molar refractivity (Wildman–Crippen MR) is 143 cm³/mol. The standard InChI is InChI=1S/C27H26N4O10S/c1-3-14-5-6-19(38-25(34)30-9-7-28-8-10-30)16-11-15-13-31-18(22(15)29-21(14)16)12-17-20(23(31)32)27(40-42(36,37)41-27)39-24(33)26(17,35)4-2/h5-6,11-12,28,35H,3-4,7-10,13H2,1-2H3/t26-/m0/s1. The van der Waals surface area contributed by atoms with E-state index in [1.807, 2.05) is 13.0 Å². The Labute approximate surface area is 239 Å². The molecule has 1 amide bonds. The zero-order chi connectivity index (χ0) is 29.6. The molecule has 2 fully saturated rings. The largest absolute Gasteiger partial charge is 0.415 e. The fraction of sp³-hybridized carbons (Fsp3) is 0.407. The van der Waals surface area contributed by atoms with Crippen molar-refractivity contribution < 1.29 is 41.0 Å². The van der Waals surface area contributed by atoms with E-state index in [0.29, 0.717) is 66.2 Å². The number of fused-ring (bicyclic) bond motifs is 6. The minimum Gasteiger partial charge on any atom is -0.409 e. The lowest BCUT2D eigenvalue weighted by molar-refractivity contribution is -0.356. The predicted octanol–water partition coefficient (Wildman–Crippen LogP) is 0.948. The van der Waals surface area contributed by atoms with Gasteiger partial charge in [-0.3, -0.25) is 4.79 Å². The van der Waals surface area contributed by atoms with Crippen LogP contribution in [0.15, 0.2) is 29.1 Å². The van der Waals surface area contributed by atoms with E-state index in [2.05, 4.69) is 5.32 Å². The highest BCUT2D eigenvalue weighted by Gasteiger charge is 2.67. The van der Waals surface area contributed by atoms with E-state index in [1.165, 1.54) is 17.6 Å². The summed E-state index contributed by atoms with van der Waals surface area (Å²) in [4.78, 5) is 46.2. The number of benzene rings is 1. The highest BCUT2D eigenvalue weighted by molar-refractivity contribution is 7.82. The number of aryl methyl sites for hydroxylation is 1. The number of nitrogens with one attached hydrogen (secondary N) is 1. The van der Waals surface area contributed by atoms with Gasteiger partial charge in [0.25, 0.3) is 5.56 Å². The summed E-state index contributed by atoms with van der Waals surface area (Å²) < 4.78 is 45.4. The molecule has 1 spiro atoms. The first kappa shape index (κ1) is 27.0. The summed E-state index contributed by atoms with van der Waals surface area (Å²) in [6, 6.07) is 6.78. The van der Waals surface area contributed by atoms with E-state index in [4.69, 9.17) is 22.8 Å². The summed E-state index contributed by atoms with van der Waals surface area (Å²) in [5, 5.41) is 15.1. The molecule has 2 N–H and O–H groups in total. The van der Waals surface area contributed by atoms with Crippen LogP contribution in [-0.2, 0) is 52.8 Å². The first-order chi connectivity index (χ1) is 20.0. The molecular formula is C27H26N4O10S. The van der Waals surface area contributed by atoms with Crippen LogP contribution in [0.25, 0.3) is 22.3 Å². The first-order valence-electron chi connectivity index (χ1n) is 13.5. The van der Waals surface area contributed by atoms with Crippen molar-refractivity contribution in [3.8, 4) is 17.1 Å². The van der Waals surface area contributed by atoms with E-state index in [0.717, 1.165) is 5.56 Å². The second kappa shape index (κ2) is 9.05. The van der Waals surface area contributed by atoms with Gasteiger partial charge in [-0.25, -0.2) is 14.6 Å². The van der Waals surface area contributed by atoms with Crippen LogP contribution in [0.5, 0.6) is 5.75 Å². The Balaban J connectivity index is 1.38. The number of pyridine rings is 2. The lowest BCUT2D eigenvalue weighted by atomic mass is 9.84. The van der Waals surface area contributed by atoms with E-state index < -0.39 is 45.2 Å². The molecular weight excluding hydrogens is 572 g/mol. The van der Waals surface area contributed by atoms with E-state index >= 15 is 0 Å². The molecule has 7 rings (SSSR count). The van der Waals surface area contributed by atoms with E-state index in [1.54, 1.807) is 17.0 Å². The Morgan fingerprint density at radius 1 is 1.17 bits per heavy atom. The zero-order valence-corrected chi connectivity index (χ0v) is 23.4. The molecule has 2 saturated heterocycles. The fourth-order valence-corrected chi connectivity index (χ4v) is 6.73. The number of hydrogen-bond acceptors (Lipinski definition) is 12. The molecule has 14 nitrogen and oxygen atoms in total. The quantitative estimate of drug-likeness (QED) is 0.320. The van der Waals surface area contributed by atoms with Gasteiger partial charge in [0.05, 0.1) is 23.4 Å². The van der Waals surface area contributed by atoms with Crippen molar-refractivity contribution in [1.29, 1.82) is 0 Å². The van der Waals surface area contributed by atoms with Crippen molar-refractivity contribution >= 4 is 33.4 Å². The van der Waals surface area contributed by atoms with Gasteiger partial charge in [0.2, 0.25) is 0 Å². The molecule has 0 saturated carbocycles. The zero-order valence-electron chi connectivity index (χ0n) is 22.6. The normalized spacial score (nSPS) is 23.1. The van der Waals surface area contributed by atoms with Gasteiger partial charge < -0.3 is 29.4 Å². The Kier molecular flexibility index (Phi) is 5.81. The number of amides is 1. The number of esters is 1. The average Bonchev–Trinajstić information content (AvgIpc) is 3.32. The van der Waals surface area contributed by atoms with Crippen molar-refractivity contribution in [3.05, 3.63) is 56.9 Å². The van der Waals surface area contributed by atoms with Gasteiger partial charge in [0, 0.05) is 42.7 Å². The molecule has 0 radical (unpaired) electrons. The fourth-order valence-electron chi connectivity index (χ4n) is 5.94. The lowest BCUT2D eigenvalue weighted by Crippen LogP contribution is -2.61. The molecule has 0 aliphatic carbocycles. The Bertz CT molecular complexity index is 1870. The molecule has 4 aliphatic rings. The van der Waals surface area contributed by atoms with Crippen molar-refractivity contribution in [2.75, 3.05) is 26.2 Å². The maximum absolute atomic E-state index is 13.9. The molecule has 6 heterocycles. The molecule has 15 heteroatoms. The minimum atomic E-state index is -4.51.